The third-order valence-electron chi connectivity index (χ3n) is 13.1. The second kappa shape index (κ2) is 15.7. The van der Waals surface area contributed by atoms with Crippen molar-refractivity contribution in [3.63, 3.8) is 0 Å². The smallest absolute Gasteiger partial charge is 0.127 e. The van der Waals surface area contributed by atoms with Gasteiger partial charge in [0.15, 0.2) is 0 Å². The molecule has 0 saturated heterocycles. The molecule has 2 atom stereocenters. The molecule has 0 radical (unpaired) electrons. The van der Waals surface area contributed by atoms with Gasteiger partial charge in [0, 0.05) is 6.21 Å². The van der Waals surface area contributed by atoms with E-state index in [1.165, 1.54) is 81.1 Å². The fraction of sp³-hybridized carbons (Fsp3) is 0.0328. The Morgan fingerprint density at radius 3 is 1.69 bits per heavy atom. The minimum Gasteiger partial charge on any atom is -0.312 e. The first-order chi connectivity index (χ1) is 31.7. The zero-order chi connectivity index (χ0) is 42.6. The van der Waals surface area contributed by atoms with Gasteiger partial charge in [-0.3, -0.25) is 10.3 Å². The Kier molecular flexibility index (Phi) is 9.30. The van der Waals surface area contributed by atoms with Gasteiger partial charge in [0.25, 0.3) is 0 Å². The van der Waals surface area contributed by atoms with Crippen molar-refractivity contribution in [1.29, 1.82) is 0 Å². The van der Waals surface area contributed by atoms with Crippen molar-refractivity contribution < 1.29 is 0 Å². The third-order valence-corrected chi connectivity index (χ3v) is 13.1. The molecule has 3 N–H and O–H groups in total. The molecule has 3 heteroatoms. The largest absolute Gasteiger partial charge is 0.312 e. The van der Waals surface area contributed by atoms with Crippen molar-refractivity contribution in [3.05, 3.63) is 241 Å². The van der Waals surface area contributed by atoms with Gasteiger partial charge < -0.3 is 5.73 Å². The Bertz CT molecular complexity index is 3780. The molecule has 0 aliphatic heterocycles. The molecule has 302 valence electrons. The van der Waals surface area contributed by atoms with E-state index in [4.69, 9.17) is 10.7 Å². The number of nitrogens with one attached hydrogen (secondary N) is 1. The lowest BCUT2D eigenvalue weighted by Crippen LogP contribution is -2.32. The van der Waals surface area contributed by atoms with Gasteiger partial charge in [-0.1, -0.05) is 212 Å². The van der Waals surface area contributed by atoms with Crippen LogP contribution < -0.4 is 11.1 Å². The molecule has 64 heavy (non-hydrogen) atoms. The summed E-state index contributed by atoms with van der Waals surface area (Å²) in [7, 11) is 0. The molecular weight excluding hydrogens is 775 g/mol. The molecule has 0 spiro atoms. The van der Waals surface area contributed by atoms with Gasteiger partial charge in [-0.2, -0.15) is 0 Å². The number of hydrogen-bond acceptors (Lipinski definition) is 3. The lowest BCUT2D eigenvalue weighted by molar-refractivity contribution is 0.470. The fourth-order valence-electron chi connectivity index (χ4n) is 10.2. The van der Waals surface area contributed by atoms with Crippen molar-refractivity contribution >= 4 is 81.6 Å². The average Bonchev–Trinajstić information content (AvgIpc) is 3.37. The number of fused-ring (bicyclic) bond motifs is 12. The first kappa shape index (κ1) is 37.8. The van der Waals surface area contributed by atoms with Crippen molar-refractivity contribution in [2.75, 3.05) is 0 Å². The zero-order valence-electron chi connectivity index (χ0n) is 35.1. The normalized spacial score (nSPS) is 13.0. The van der Waals surface area contributed by atoms with Crippen LogP contribution in [0.15, 0.2) is 229 Å². The van der Waals surface area contributed by atoms with Gasteiger partial charge >= 0.3 is 0 Å². The zero-order valence-corrected chi connectivity index (χ0v) is 35.1. The molecule has 0 amide bonds. The summed E-state index contributed by atoms with van der Waals surface area (Å²) in [6.07, 6.45) is 0.983. The summed E-state index contributed by atoms with van der Waals surface area (Å²) in [4.78, 5) is 5.45. The summed E-state index contributed by atoms with van der Waals surface area (Å²) >= 11 is 0. The maximum Gasteiger partial charge on any atom is 0.127 e. The monoisotopic (exact) mass is 817 g/mol. The summed E-state index contributed by atoms with van der Waals surface area (Å²) in [5, 5.41) is 21.1. The quantitative estimate of drug-likeness (QED) is 0.0694. The van der Waals surface area contributed by atoms with Crippen LogP contribution in [-0.4, -0.2) is 6.21 Å². The molecule has 0 heterocycles. The first-order valence-corrected chi connectivity index (χ1v) is 22.1. The lowest BCUT2D eigenvalue weighted by Gasteiger charge is -2.25. The van der Waals surface area contributed by atoms with E-state index in [9.17, 15) is 0 Å². The molecule has 0 bridgehead atoms. The highest BCUT2D eigenvalue weighted by Crippen LogP contribution is 2.43. The van der Waals surface area contributed by atoms with Gasteiger partial charge in [0.2, 0.25) is 0 Å². The summed E-state index contributed by atoms with van der Waals surface area (Å²) < 4.78 is 0. The number of aliphatic imine (C=N–C) groups is 1. The van der Waals surface area contributed by atoms with E-state index in [-0.39, 0.29) is 0 Å². The molecule has 12 aromatic rings. The van der Waals surface area contributed by atoms with Crippen molar-refractivity contribution in [2.24, 2.45) is 10.7 Å². The highest BCUT2D eigenvalue weighted by Gasteiger charge is 2.22. The average molecular weight is 818 g/mol. The van der Waals surface area contributed by atoms with E-state index in [1.807, 2.05) is 12.3 Å². The van der Waals surface area contributed by atoms with E-state index in [0.717, 1.165) is 33.2 Å². The Hall–Kier alpha value is -7.95. The number of nitrogens with two attached hydrogens (primary N) is 1. The van der Waals surface area contributed by atoms with Crippen LogP contribution in [0, 0.1) is 0 Å². The molecule has 12 aromatic carbocycles. The Balaban J connectivity index is 1.01. The van der Waals surface area contributed by atoms with Gasteiger partial charge in [-0.05, 0) is 126 Å². The van der Waals surface area contributed by atoms with Gasteiger partial charge in [0.05, 0.1) is 6.17 Å². The molecule has 3 nitrogen and oxygen atoms in total. The highest BCUT2D eigenvalue weighted by atomic mass is 15.1. The highest BCUT2D eigenvalue weighted by molar-refractivity contribution is 6.32. The van der Waals surface area contributed by atoms with E-state index in [2.05, 4.69) is 224 Å². The summed E-state index contributed by atoms with van der Waals surface area (Å²) in [5.41, 5.74) is 15.0. The third kappa shape index (κ3) is 6.41. The minimum absolute atomic E-state index is 0.492. The van der Waals surface area contributed by atoms with Crippen LogP contribution in [0.4, 0.5) is 0 Å². The van der Waals surface area contributed by atoms with E-state index in [0.29, 0.717) is 0 Å². The van der Waals surface area contributed by atoms with E-state index >= 15 is 0 Å². The standard InChI is InChI=1S/C61H43N3/c62-60(54-29-15-8-20-44(54)40-16-2-1-3-17-40)64-61(57-37-56-49-25-10-9-23-47(49)48-24-11-13-27-51(48)59(56)52-28-14-12-26-50(52)57)63-38-39-30-32-42(33-31-39)58-46-22-7-5-19-43(46)36-55-45-21-6-4-18-41(45)34-35-53(55)58/h1-38,60-61,64H,62H2. The van der Waals surface area contributed by atoms with Gasteiger partial charge in [-0.25, -0.2) is 0 Å². The molecule has 0 aliphatic rings. The van der Waals surface area contributed by atoms with Crippen LogP contribution in [0.5, 0.6) is 0 Å². The van der Waals surface area contributed by atoms with Crippen LogP contribution in [0.2, 0.25) is 0 Å². The Labute approximate surface area is 371 Å². The number of hydrogen-bond donors (Lipinski definition) is 2. The number of benzene rings is 12. The summed E-state index contributed by atoms with van der Waals surface area (Å²) in [6, 6.07) is 80.7. The van der Waals surface area contributed by atoms with Crippen LogP contribution in [-0.2, 0) is 0 Å². The molecule has 0 fully saturated rings. The van der Waals surface area contributed by atoms with Crippen LogP contribution in [0.1, 0.15) is 29.0 Å². The van der Waals surface area contributed by atoms with Crippen LogP contribution in [0.3, 0.4) is 0 Å². The number of rotatable bonds is 8. The SMILES string of the molecule is NC(NC(N=Cc1ccc(-c2c3ccccc3cc3c2ccc2ccccc23)cc1)c1cc2c3ccccc3c3ccccc3c2c2ccccc12)c1ccccc1-c1ccccc1. The molecule has 0 aliphatic carbocycles. The summed E-state index contributed by atoms with van der Waals surface area (Å²) in [5.74, 6) is 0. The maximum atomic E-state index is 7.29. The van der Waals surface area contributed by atoms with Crippen molar-refractivity contribution in [3.8, 4) is 22.3 Å². The molecule has 0 aromatic heterocycles. The molecule has 12 rings (SSSR count). The van der Waals surface area contributed by atoms with Crippen molar-refractivity contribution in [1.82, 2.24) is 5.32 Å². The topological polar surface area (TPSA) is 50.4 Å². The van der Waals surface area contributed by atoms with Crippen LogP contribution in [0.25, 0.3) is 97.7 Å². The van der Waals surface area contributed by atoms with Gasteiger partial charge in [-0.15, -0.1) is 0 Å². The minimum atomic E-state index is -0.528. The maximum absolute atomic E-state index is 7.29. The Morgan fingerprint density at radius 1 is 0.375 bits per heavy atom. The van der Waals surface area contributed by atoms with E-state index < -0.39 is 12.3 Å². The van der Waals surface area contributed by atoms with Gasteiger partial charge in [0.1, 0.15) is 6.17 Å². The molecular formula is C61H43N3. The van der Waals surface area contributed by atoms with Crippen LogP contribution >= 0.6 is 0 Å². The predicted octanol–water partition coefficient (Wildman–Crippen LogP) is 15.5. The second-order valence-corrected chi connectivity index (χ2v) is 16.8. The molecule has 2 unspecified atom stereocenters. The first-order valence-electron chi connectivity index (χ1n) is 22.1. The fourth-order valence-corrected chi connectivity index (χ4v) is 10.2. The lowest BCUT2D eigenvalue weighted by atomic mass is 9.88. The second-order valence-electron chi connectivity index (χ2n) is 16.8. The number of nitrogens with zero attached hydrogens (tertiary/aromatic N) is 1. The Morgan fingerprint density at radius 2 is 0.938 bits per heavy atom. The summed E-state index contributed by atoms with van der Waals surface area (Å²) in [6.45, 7) is 0. The van der Waals surface area contributed by atoms with E-state index in [1.54, 1.807) is 0 Å². The van der Waals surface area contributed by atoms with Crippen molar-refractivity contribution in [2.45, 2.75) is 12.3 Å². The predicted molar refractivity (Wildman–Crippen MR) is 273 cm³/mol. The molecule has 0 saturated carbocycles.